The summed E-state index contributed by atoms with van der Waals surface area (Å²) >= 11 is 5.78. The van der Waals surface area contributed by atoms with Gasteiger partial charge in [0.15, 0.2) is 0 Å². The molecule has 0 radical (unpaired) electrons. The number of nitrogens with one attached hydrogen (secondary N) is 1. The van der Waals surface area contributed by atoms with Crippen molar-refractivity contribution in [3.63, 3.8) is 0 Å². The van der Waals surface area contributed by atoms with Crippen molar-refractivity contribution in [2.75, 3.05) is 18.1 Å². The lowest BCUT2D eigenvalue weighted by Gasteiger charge is -2.07. The van der Waals surface area contributed by atoms with Crippen LogP contribution in [0.4, 0.5) is 0 Å². The van der Waals surface area contributed by atoms with Gasteiger partial charge in [-0.1, -0.05) is 18.5 Å². The zero-order valence-electron chi connectivity index (χ0n) is 10.2. The van der Waals surface area contributed by atoms with E-state index in [9.17, 15) is 12.6 Å². The van der Waals surface area contributed by atoms with Crippen LogP contribution in [0.2, 0.25) is 5.02 Å². The van der Waals surface area contributed by atoms with Gasteiger partial charge in [0.25, 0.3) is 0 Å². The molecule has 0 saturated carbocycles. The van der Waals surface area contributed by atoms with Crippen LogP contribution in [-0.4, -0.2) is 30.7 Å². The van der Waals surface area contributed by atoms with Crippen molar-refractivity contribution in [2.45, 2.75) is 11.8 Å². The second kappa shape index (κ2) is 7.01. The topological polar surface area (TPSA) is 87.0 Å². The smallest absolute Gasteiger partial charge is 0.240 e. The van der Waals surface area contributed by atoms with Gasteiger partial charge in [-0.25, -0.2) is 13.1 Å². The van der Waals surface area contributed by atoms with Gasteiger partial charge >= 0.3 is 0 Å². The van der Waals surface area contributed by atoms with Crippen molar-refractivity contribution in [2.24, 2.45) is 0 Å². The average molecular weight is 321 g/mol. The maximum Gasteiger partial charge on any atom is 0.240 e. The third kappa shape index (κ3) is 4.58. The molecule has 0 unspecified atom stereocenters. The quantitative estimate of drug-likeness (QED) is 0.854. The Kier molecular flexibility index (Phi) is 5.94. The van der Waals surface area contributed by atoms with Crippen molar-refractivity contribution >= 4 is 32.4 Å². The summed E-state index contributed by atoms with van der Waals surface area (Å²) in [7, 11) is -4.71. The molecule has 0 spiro atoms. The summed E-state index contributed by atoms with van der Waals surface area (Å²) in [5.74, 6) is 0.754. The van der Waals surface area contributed by atoms with Crippen LogP contribution < -0.4 is 4.72 Å². The molecule has 0 amide bonds. The van der Waals surface area contributed by atoms with Crippen LogP contribution in [0.3, 0.4) is 0 Å². The molecule has 1 aromatic carbocycles. The molecular weight excluding hydrogens is 308 g/mol. The lowest BCUT2D eigenvalue weighted by molar-refractivity contribution is 0.584. The highest BCUT2D eigenvalue weighted by Crippen LogP contribution is 2.19. The van der Waals surface area contributed by atoms with E-state index >= 15 is 0 Å². The normalized spacial score (nSPS) is 12.9. The minimum Gasteiger partial charge on any atom is -0.260 e. The number of rotatable bonds is 6. The summed E-state index contributed by atoms with van der Waals surface area (Å²) in [6.07, 6.45) is 0. The second-order valence-electron chi connectivity index (χ2n) is 3.58. The zero-order chi connectivity index (χ0) is 14.5. The Bertz CT molecular complexity index is 623. The van der Waals surface area contributed by atoms with Crippen molar-refractivity contribution in [3.8, 4) is 6.07 Å². The first-order valence-corrected chi connectivity index (χ1v) is 8.80. The Hall–Kier alpha value is -0.940. The monoisotopic (exact) mass is 320 g/mol. The van der Waals surface area contributed by atoms with Crippen LogP contribution in [0.25, 0.3) is 0 Å². The SMILES string of the molecule is CC[S@](=O)CCNS(=O)(=O)c1ccc(C#N)c(Cl)c1. The number of hydrogen-bond acceptors (Lipinski definition) is 4. The average Bonchev–Trinajstić information content (AvgIpc) is 2.38. The highest BCUT2D eigenvalue weighted by atomic mass is 35.5. The van der Waals surface area contributed by atoms with E-state index in [2.05, 4.69) is 4.72 Å². The number of benzene rings is 1. The molecule has 0 aromatic heterocycles. The lowest BCUT2D eigenvalue weighted by Crippen LogP contribution is -2.28. The molecule has 1 aromatic rings. The van der Waals surface area contributed by atoms with Gasteiger partial charge in [-0.15, -0.1) is 0 Å². The van der Waals surface area contributed by atoms with E-state index in [4.69, 9.17) is 16.9 Å². The first-order chi connectivity index (χ1) is 8.90. The number of halogens is 1. The molecule has 0 aliphatic heterocycles. The number of nitrogens with zero attached hydrogens (tertiary/aromatic N) is 1. The summed E-state index contributed by atoms with van der Waals surface area (Å²) in [4.78, 5) is -0.0150. The molecule has 0 aliphatic carbocycles. The summed E-state index contributed by atoms with van der Waals surface area (Å²) in [6, 6.07) is 5.73. The molecule has 104 valence electrons. The molecular formula is C11H13ClN2O3S2. The maximum absolute atomic E-state index is 11.9. The molecule has 1 rings (SSSR count). The molecule has 5 nitrogen and oxygen atoms in total. The van der Waals surface area contributed by atoms with E-state index in [-0.39, 0.29) is 27.8 Å². The molecule has 0 saturated heterocycles. The third-order valence-electron chi connectivity index (χ3n) is 2.32. The maximum atomic E-state index is 11.9. The van der Waals surface area contributed by atoms with Crippen LogP contribution in [0, 0.1) is 11.3 Å². The van der Waals surface area contributed by atoms with Gasteiger partial charge in [-0.05, 0) is 18.2 Å². The number of nitriles is 1. The highest BCUT2D eigenvalue weighted by Gasteiger charge is 2.15. The Morgan fingerprint density at radius 3 is 2.68 bits per heavy atom. The minimum absolute atomic E-state index is 0.0150. The fourth-order valence-electron chi connectivity index (χ4n) is 1.27. The third-order valence-corrected chi connectivity index (χ3v) is 5.39. The molecule has 8 heteroatoms. The largest absolute Gasteiger partial charge is 0.260 e. The number of sulfonamides is 1. The van der Waals surface area contributed by atoms with Gasteiger partial charge in [-0.3, -0.25) is 4.21 Å². The van der Waals surface area contributed by atoms with Gasteiger partial charge in [-0.2, -0.15) is 5.26 Å². The van der Waals surface area contributed by atoms with Gasteiger partial charge in [0.05, 0.1) is 15.5 Å². The predicted octanol–water partition coefficient (Wildman–Crippen LogP) is 1.26. The Balaban J connectivity index is 2.81. The van der Waals surface area contributed by atoms with E-state index in [1.54, 1.807) is 6.92 Å². The van der Waals surface area contributed by atoms with Crippen LogP contribution in [-0.2, 0) is 20.8 Å². The van der Waals surface area contributed by atoms with Gasteiger partial charge in [0.1, 0.15) is 6.07 Å². The molecule has 1 atom stereocenters. The highest BCUT2D eigenvalue weighted by molar-refractivity contribution is 7.89. The van der Waals surface area contributed by atoms with Crippen LogP contribution in [0.5, 0.6) is 0 Å². The summed E-state index contributed by atoms with van der Waals surface area (Å²) in [5.41, 5.74) is 0.215. The molecule has 0 bridgehead atoms. The molecule has 1 N–H and O–H groups in total. The van der Waals surface area contributed by atoms with Crippen LogP contribution >= 0.6 is 11.6 Å². The predicted molar refractivity (Wildman–Crippen MR) is 74.9 cm³/mol. The fourth-order valence-corrected chi connectivity index (χ4v) is 3.36. The van der Waals surface area contributed by atoms with Gasteiger partial charge in [0, 0.05) is 28.9 Å². The van der Waals surface area contributed by atoms with Crippen molar-refractivity contribution in [1.29, 1.82) is 5.26 Å². The minimum atomic E-state index is -3.69. The molecule has 0 aliphatic rings. The molecule has 19 heavy (non-hydrogen) atoms. The van der Waals surface area contributed by atoms with E-state index < -0.39 is 20.8 Å². The summed E-state index contributed by atoms with van der Waals surface area (Å²) < 4.78 is 37.3. The van der Waals surface area contributed by atoms with E-state index in [1.807, 2.05) is 6.07 Å². The first kappa shape index (κ1) is 16.1. The fraction of sp³-hybridized carbons (Fsp3) is 0.364. The van der Waals surface area contributed by atoms with Crippen LogP contribution in [0.1, 0.15) is 12.5 Å². The van der Waals surface area contributed by atoms with Crippen molar-refractivity contribution < 1.29 is 12.6 Å². The van der Waals surface area contributed by atoms with Crippen LogP contribution in [0.15, 0.2) is 23.1 Å². The van der Waals surface area contributed by atoms with Gasteiger partial charge < -0.3 is 0 Å². The standard InChI is InChI=1S/C11H13ClN2O3S2/c1-2-18(15)6-5-14-19(16,17)10-4-3-9(8-13)11(12)7-10/h3-4,7,14H,2,5-6H2,1H3/t18-/m0/s1. The Labute approximate surface area is 120 Å². The zero-order valence-corrected chi connectivity index (χ0v) is 12.6. The summed E-state index contributed by atoms with van der Waals surface area (Å²) in [6.45, 7) is 1.87. The number of hydrogen-bond donors (Lipinski definition) is 1. The molecule has 0 fully saturated rings. The van der Waals surface area contributed by atoms with Crippen molar-refractivity contribution in [1.82, 2.24) is 4.72 Å². The van der Waals surface area contributed by atoms with Gasteiger partial charge in [0.2, 0.25) is 10.0 Å². The molecule has 0 heterocycles. The van der Waals surface area contributed by atoms with E-state index in [1.165, 1.54) is 18.2 Å². The van der Waals surface area contributed by atoms with E-state index in [0.717, 1.165) is 0 Å². The Morgan fingerprint density at radius 1 is 1.47 bits per heavy atom. The second-order valence-corrected chi connectivity index (χ2v) is 7.62. The Morgan fingerprint density at radius 2 is 2.16 bits per heavy atom. The van der Waals surface area contributed by atoms with Crippen molar-refractivity contribution in [3.05, 3.63) is 28.8 Å². The first-order valence-electron chi connectivity index (χ1n) is 5.45. The lowest BCUT2D eigenvalue weighted by atomic mass is 10.2. The van der Waals surface area contributed by atoms with E-state index in [0.29, 0.717) is 5.75 Å². The summed E-state index contributed by atoms with van der Waals surface area (Å²) in [5, 5.41) is 8.79.